The number of aromatic nitrogens is 1. The highest BCUT2D eigenvalue weighted by atomic mass is 35.5. The van der Waals surface area contributed by atoms with Gasteiger partial charge in [0, 0.05) is 22.3 Å². The topological polar surface area (TPSA) is 102 Å². The zero-order valence-corrected chi connectivity index (χ0v) is 23.9. The van der Waals surface area contributed by atoms with Gasteiger partial charge in [-0.1, -0.05) is 78.3 Å². The summed E-state index contributed by atoms with van der Waals surface area (Å²) in [5, 5.41) is 12.5. The molecule has 2 N–H and O–H groups in total. The van der Waals surface area contributed by atoms with Crippen LogP contribution in [0.4, 0.5) is 23.7 Å². The molecule has 1 amide bonds. The summed E-state index contributed by atoms with van der Waals surface area (Å²) in [5.74, 6) is -0.739. The van der Waals surface area contributed by atoms with E-state index in [0.717, 1.165) is 22.8 Å². The highest BCUT2D eigenvalue weighted by molar-refractivity contribution is 6.31. The van der Waals surface area contributed by atoms with E-state index in [1.165, 1.54) is 0 Å². The van der Waals surface area contributed by atoms with Gasteiger partial charge in [-0.15, -0.1) is 0 Å². The average Bonchev–Trinajstić information content (AvgIpc) is 3.74. The number of halogens is 4. The Hall–Kier alpha value is -4.83. The van der Waals surface area contributed by atoms with Crippen molar-refractivity contribution in [2.24, 2.45) is 0 Å². The summed E-state index contributed by atoms with van der Waals surface area (Å²) in [7, 11) is 0. The average molecular weight is 621 g/mol. The van der Waals surface area contributed by atoms with Crippen LogP contribution >= 0.6 is 11.6 Å². The number of carbonyl (C=O) groups is 2. The summed E-state index contributed by atoms with van der Waals surface area (Å²) >= 11 is 6.22. The fourth-order valence-electron chi connectivity index (χ4n) is 5.17. The lowest BCUT2D eigenvalue weighted by Crippen LogP contribution is -2.19. The Morgan fingerprint density at radius 3 is 2.20 bits per heavy atom. The quantitative estimate of drug-likeness (QED) is 0.188. The maximum absolute atomic E-state index is 13.6. The molecule has 0 aliphatic heterocycles. The predicted octanol–water partition coefficient (Wildman–Crippen LogP) is 9.26. The SMILES string of the molecule is C[C@@H](OC(=O)Nc1c(-c2ccc(-c3ccc(C4(C(=O)O)CC4)cc3)cc2)oc2ncc(C(F)(F)F)cc12)c1ccccc1Cl. The number of nitrogens with zero attached hydrogens (tertiary/aromatic N) is 1. The van der Waals surface area contributed by atoms with E-state index in [4.69, 9.17) is 20.8 Å². The number of hydrogen-bond donors (Lipinski definition) is 2. The summed E-state index contributed by atoms with van der Waals surface area (Å²) in [4.78, 5) is 28.5. The Kier molecular flexibility index (Phi) is 7.33. The van der Waals surface area contributed by atoms with E-state index >= 15 is 0 Å². The molecular formula is C33H24ClF3N2O5. The van der Waals surface area contributed by atoms with Crippen LogP contribution in [0, 0.1) is 0 Å². The molecule has 3 aromatic carbocycles. The van der Waals surface area contributed by atoms with E-state index in [-0.39, 0.29) is 22.5 Å². The van der Waals surface area contributed by atoms with Crippen molar-refractivity contribution in [3.05, 3.63) is 107 Å². The minimum atomic E-state index is -4.67. The van der Waals surface area contributed by atoms with Crippen molar-refractivity contribution in [3.8, 4) is 22.5 Å². The molecule has 0 unspecified atom stereocenters. The molecule has 0 bridgehead atoms. The van der Waals surface area contributed by atoms with Crippen LogP contribution in [0.1, 0.15) is 42.6 Å². The number of rotatable bonds is 7. The maximum atomic E-state index is 13.6. The Bertz CT molecular complexity index is 1880. The summed E-state index contributed by atoms with van der Waals surface area (Å²) < 4.78 is 52.0. The van der Waals surface area contributed by atoms with Gasteiger partial charge in [0.25, 0.3) is 0 Å². The second-order valence-electron chi connectivity index (χ2n) is 10.6. The molecular weight excluding hydrogens is 597 g/mol. The van der Waals surface area contributed by atoms with Gasteiger partial charge >= 0.3 is 18.2 Å². The van der Waals surface area contributed by atoms with Crippen molar-refractivity contribution >= 4 is 40.5 Å². The van der Waals surface area contributed by atoms with Gasteiger partial charge in [0.15, 0.2) is 5.76 Å². The first-order valence-corrected chi connectivity index (χ1v) is 14.0. The molecule has 0 spiro atoms. The van der Waals surface area contributed by atoms with Gasteiger partial charge in [0.05, 0.1) is 16.4 Å². The third kappa shape index (κ3) is 5.48. The lowest BCUT2D eigenvalue weighted by Gasteiger charge is -2.15. The van der Waals surface area contributed by atoms with Gasteiger partial charge in [-0.2, -0.15) is 13.2 Å². The number of carboxylic acids is 1. The highest BCUT2D eigenvalue weighted by Gasteiger charge is 2.51. The summed E-state index contributed by atoms with van der Waals surface area (Å²) in [6, 6.07) is 22.0. The number of carboxylic acid groups (broad SMARTS) is 1. The number of anilines is 1. The molecule has 6 rings (SSSR count). The van der Waals surface area contributed by atoms with Gasteiger partial charge < -0.3 is 14.3 Å². The zero-order valence-electron chi connectivity index (χ0n) is 23.1. The lowest BCUT2D eigenvalue weighted by molar-refractivity contribution is -0.140. The highest BCUT2D eigenvalue weighted by Crippen LogP contribution is 2.48. The van der Waals surface area contributed by atoms with Gasteiger partial charge in [-0.3, -0.25) is 10.1 Å². The molecule has 11 heteroatoms. The molecule has 44 heavy (non-hydrogen) atoms. The third-order valence-corrected chi connectivity index (χ3v) is 8.15. The second kappa shape index (κ2) is 11.0. The number of amides is 1. The Labute approximate surface area is 254 Å². The van der Waals surface area contributed by atoms with Crippen LogP contribution in [0.3, 0.4) is 0 Å². The standard InChI is InChI=1S/C33H24ClF3N2O5/c1-18(24-4-2-3-5-26(24)34)43-31(42)39-27-25-16-23(33(35,36)37)17-38-29(25)44-28(27)21-8-6-19(7-9-21)20-10-12-22(13-11-20)32(14-15-32)30(40)41/h2-13,16-18H,14-15H2,1H3,(H,39,42)(H,40,41)/t18-/m1/s1. The molecule has 0 radical (unpaired) electrons. The smallest absolute Gasteiger partial charge is 0.417 e. The molecule has 1 aliphatic carbocycles. The normalized spacial score (nSPS) is 14.7. The maximum Gasteiger partial charge on any atom is 0.417 e. The number of benzene rings is 3. The van der Waals surface area contributed by atoms with Crippen LogP contribution in [0.25, 0.3) is 33.6 Å². The molecule has 0 saturated heterocycles. The fraction of sp³-hybridized carbons (Fsp3) is 0.182. The largest absolute Gasteiger partial charge is 0.481 e. The van der Waals surface area contributed by atoms with Crippen molar-refractivity contribution in [1.82, 2.24) is 4.98 Å². The predicted molar refractivity (Wildman–Crippen MR) is 158 cm³/mol. The summed E-state index contributed by atoms with van der Waals surface area (Å²) in [6.45, 7) is 1.62. The molecule has 224 valence electrons. The van der Waals surface area contributed by atoms with Crippen LogP contribution in [0.2, 0.25) is 5.02 Å². The van der Waals surface area contributed by atoms with Crippen molar-refractivity contribution in [2.45, 2.75) is 37.5 Å². The van der Waals surface area contributed by atoms with Crippen LogP contribution < -0.4 is 5.32 Å². The van der Waals surface area contributed by atoms with Gasteiger partial charge in [-0.05, 0) is 48.6 Å². The Morgan fingerprint density at radius 1 is 1.00 bits per heavy atom. The molecule has 1 fully saturated rings. The van der Waals surface area contributed by atoms with Gasteiger partial charge in [0.1, 0.15) is 11.8 Å². The first kappa shape index (κ1) is 29.3. The molecule has 1 saturated carbocycles. The fourth-order valence-corrected chi connectivity index (χ4v) is 5.46. The Balaban J connectivity index is 1.32. The van der Waals surface area contributed by atoms with Crippen molar-refractivity contribution < 1.29 is 37.0 Å². The zero-order chi connectivity index (χ0) is 31.2. The molecule has 2 aromatic heterocycles. The number of fused-ring (bicyclic) bond motifs is 1. The number of alkyl halides is 3. The van der Waals surface area contributed by atoms with Crippen molar-refractivity contribution in [3.63, 3.8) is 0 Å². The van der Waals surface area contributed by atoms with Crippen LogP contribution in [-0.4, -0.2) is 22.2 Å². The molecule has 2 heterocycles. The van der Waals surface area contributed by atoms with E-state index in [2.05, 4.69) is 10.3 Å². The summed E-state index contributed by atoms with van der Waals surface area (Å²) in [6.07, 6.45) is -4.47. The molecule has 1 aliphatic rings. The first-order valence-electron chi connectivity index (χ1n) is 13.6. The number of ether oxygens (including phenoxy) is 1. The number of carbonyl (C=O) groups excluding carboxylic acids is 1. The van der Waals surface area contributed by atoms with E-state index in [0.29, 0.717) is 35.2 Å². The number of furan rings is 1. The lowest BCUT2D eigenvalue weighted by atomic mass is 9.93. The van der Waals surface area contributed by atoms with Crippen LogP contribution in [0.5, 0.6) is 0 Å². The summed E-state index contributed by atoms with van der Waals surface area (Å²) in [5.41, 5.74) is 1.49. The van der Waals surface area contributed by atoms with Gasteiger partial charge in [-0.25, -0.2) is 9.78 Å². The molecule has 1 atom stereocenters. The van der Waals surface area contributed by atoms with Crippen molar-refractivity contribution in [1.29, 1.82) is 0 Å². The number of hydrogen-bond acceptors (Lipinski definition) is 5. The monoisotopic (exact) mass is 620 g/mol. The van der Waals surface area contributed by atoms with Crippen molar-refractivity contribution in [2.75, 3.05) is 5.32 Å². The minimum Gasteiger partial charge on any atom is -0.481 e. The molecule has 7 nitrogen and oxygen atoms in total. The Morgan fingerprint density at radius 2 is 1.61 bits per heavy atom. The number of pyridine rings is 1. The van der Waals surface area contributed by atoms with Gasteiger partial charge in [0.2, 0.25) is 5.71 Å². The first-order chi connectivity index (χ1) is 21.0. The third-order valence-electron chi connectivity index (χ3n) is 7.80. The van der Waals surface area contributed by atoms with Crippen LogP contribution in [-0.2, 0) is 21.1 Å². The van der Waals surface area contributed by atoms with E-state index in [1.54, 1.807) is 55.5 Å². The number of nitrogens with one attached hydrogen (secondary N) is 1. The minimum absolute atomic E-state index is 0.0320. The molecule has 5 aromatic rings. The van der Waals surface area contributed by atoms with E-state index in [9.17, 15) is 27.9 Å². The number of aliphatic carboxylic acids is 1. The van der Waals surface area contributed by atoms with Crippen LogP contribution in [0.15, 0.2) is 89.5 Å². The second-order valence-corrected chi connectivity index (χ2v) is 11.0. The van der Waals surface area contributed by atoms with E-state index in [1.807, 2.05) is 24.3 Å². The van der Waals surface area contributed by atoms with E-state index < -0.39 is 35.3 Å².